The second-order valence-corrected chi connectivity index (χ2v) is 3.53. The molecule has 0 atom stereocenters. The zero-order chi connectivity index (χ0) is 13.1. The van der Waals surface area contributed by atoms with E-state index in [0.29, 0.717) is 45.3 Å². The van der Waals surface area contributed by atoms with Gasteiger partial charge in [-0.1, -0.05) is 6.07 Å². The fourth-order valence-corrected chi connectivity index (χ4v) is 1.30. The van der Waals surface area contributed by atoms with Crippen LogP contribution in [0, 0.1) is 0 Å². The monoisotopic (exact) mass is 253 g/mol. The molecule has 100 valence electrons. The number of rotatable bonds is 10. The molecule has 0 saturated carbocycles. The van der Waals surface area contributed by atoms with E-state index in [1.807, 2.05) is 13.0 Å². The molecule has 1 aromatic heterocycles. The van der Waals surface area contributed by atoms with E-state index >= 15 is 0 Å². The number of aromatic nitrogens is 1. The lowest BCUT2D eigenvalue weighted by atomic mass is 10.3. The van der Waals surface area contributed by atoms with Crippen molar-refractivity contribution >= 4 is 6.29 Å². The summed E-state index contributed by atoms with van der Waals surface area (Å²) in [6.07, 6.45) is 0.723. The van der Waals surface area contributed by atoms with Gasteiger partial charge in [0.05, 0.1) is 38.7 Å². The molecule has 0 aliphatic heterocycles. The Labute approximate surface area is 107 Å². The van der Waals surface area contributed by atoms with Gasteiger partial charge in [-0.2, -0.15) is 0 Å². The number of aldehydes is 1. The SMILES string of the molecule is CCOCCOCCOCc1cccc(C=O)n1. The molecule has 1 aromatic rings. The first-order valence-corrected chi connectivity index (χ1v) is 6.01. The van der Waals surface area contributed by atoms with Gasteiger partial charge in [-0.05, 0) is 19.1 Å². The van der Waals surface area contributed by atoms with E-state index in [9.17, 15) is 4.79 Å². The zero-order valence-corrected chi connectivity index (χ0v) is 10.6. The first kappa shape index (κ1) is 14.8. The Morgan fingerprint density at radius 1 is 1.11 bits per heavy atom. The molecule has 18 heavy (non-hydrogen) atoms. The summed E-state index contributed by atoms with van der Waals surface area (Å²) in [5, 5.41) is 0. The third-order valence-electron chi connectivity index (χ3n) is 2.15. The molecule has 0 amide bonds. The molecule has 0 fully saturated rings. The zero-order valence-electron chi connectivity index (χ0n) is 10.6. The standard InChI is InChI=1S/C13H19NO4/c1-2-16-6-7-17-8-9-18-11-13-5-3-4-12(10-15)14-13/h3-5,10H,2,6-9,11H2,1H3. The molecule has 0 aromatic carbocycles. The van der Waals surface area contributed by atoms with Gasteiger partial charge in [-0.3, -0.25) is 4.79 Å². The van der Waals surface area contributed by atoms with Crippen LogP contribution in [0.3, 0.4) is 0 Å². The lowest BCUT2D eigenvalue weighted by Crippen LogP contribution is -2.09. The van der Waals surface area contributed by atoms with E-state index in [1.165, 1.54) is 0 Å². The maximum Gasteiger partial charge on any atom is 0.168 e. The van der Waals surface area contributed by atoms with Crippen molar-refractivity contribution < 1.29 is 19.0 Å². The minimum absolute atomic E-state index is 0.385. The molecule has 0 spiro atoms. The van der Waals surface area contributed by atoms with Gasteiger partial charge in [0.1, 0.15) is 5.69 Å². The predicted octanol–water partition coefficient (Wildman–Crippen LogP) is 1.46. The Balaban J connectivity index is 2.05. The highest BCUT2D eigenvalue weighted by Gasteiger charge is 1.97. The molecule has 0 saturated heterocycles. The smallest absolute Gasteiger partial charge is 0.168 e. The summed E-state index contributed by atoms with van der Waals surface area (Å²) in [5.74, 6) is 0. The van der Waals surface area contributed by atoms with Gasteiger partial charge in [0.15, 0.2) is 6.29 Å². The summed E-state index contributed by atoms with van der Waals surface area (Å²) in [4.78, 5) is 14.6. The Bertz CT molecular complexity index is 344. The van der Waals surface area contributed by atoms with Gasteiger partial charge in [0.25, 0.3) is 0 Å². The lowest BCUT2D eigenvalue weighted by Gasteiger charge is -2.06. The highest BCUT2D eigenvalue weighted by atomic mass is 16.5. The van der Waals surface area contributed by atoms with Crippen LogP contribution in [0.4, 0.5) is 0 Å². The van der Waals surface area contributed by atoms with Crippen LogP contribution < -0.4 is 0 Å². The summed E-state index contributed by atoms with van der Waals surface area (Å²) in [5.41, 5.74) is 1.16. The summed E-state index contributed by atoms with van der Waals surface area (Å²) in [7, 11) is 0. The minimum Gasteiger partial charge on any atom is -0.379 e. The van der Waals surface area contributed by atoms with E-state index < -0.39 is 0 Å². The maximum atomic E-state index is 10.5. The molecule has 5 nitrogen and oxygen atoms in total. The molecule has 0 aliphatic carbocycles. The van der Waals surface area contributed by atoms with Gasteiger partial charge >= 0.3 is 0 Å². The molecule has 0 radical (unpaired) electrons. The van der Waals surface area contributed by atoms with Crippen LogP contribution in [0.1, 0.15) is 23.1 Å². The number of hydrogen-bond acceptors (Lipinski definition) is 5. The molecule has 0 N–H and O–H groups in total. The number of carbonyl (C=O) groups excluding carboxylic acids is 1. The Morgan fingerprint density at radius 2 is 1.83 bits per heavy atom. The largest absolute Gasteiger partial charge is 0.379 e. The van der Waals surface area contributed by atoms with E-state index in [2.05, 4.69) is 4.98 Å². The molecule has 1 rings (SSSR count). The number of hydrogen-bond donors (Lipinski definition) is 0. The van der Waals surface area contributed by atoms with Crippen molar-refractivity contribution in [3.05, 3.63) is 29.6 Å². The number of carbonyl (C=O) groups is 1. The third-order valence-corrected chi connectivity index (χ3v) is 2.15. The Morgan fingerprint density at radius 3 is 2.56 bits per heavy atom. The highest BCUT2D eigenvalue weighted by molar-refractivity contribution is 5.71. The molecule has 0 unspecified atom stereocenters. The first-order chi connectivity index (χ1) is 8.86. The van der Waals surface area contributed by atoms with Crippen LogP contribution in [-0.4, -0.2) is 44.3 Å². The maximum absolute atomic E-state index is 10.5. The topological polar surface area (TPSA) is 57.7 Å². The molecular formula is C13H19NO4. The fourth-order valence-electron chi connectivity index (χ4n) is 1.30. The number of nitrogens with zero attached hydrogens (tertiary/aromatic N) is 1. The normalized spacial score (nSPS) is 10.5. The first-order valence-electron chi connectivity index (χ1n) is 6.01. The van der Waals surface area contributed by atoms with Crippen molar-refractivity contribution in [3.8, 4) is 0 Å². The summed E-state index contributed by atoms with van der Waals surface area (Å²) < 4.78 is 15.8. The quantitative estimate of drug-likeness (QED) is 0.467. The van der Waals surface area contributed by atoms with Gasteiger partial charge in [0, 0.05) is 6.61 Å². The van der Waals surface area contributed by atoms with Crippen molar-refractivity contribution in [3.63, 3.8) is 0 Å². The summed E-state index contributed by atoms with van der Waals surface area (Å²) in [6, 6.07) is 5.27. The third kappa shape index (κ3) is 6.44. The van der Waals surface area contributed by atoms with Crippen LogP contribution >= 0.6 is 0 Å². The van der Waals surface area contributed by atoms with Crippen LogP contribution in [0.15, 0.2) is 18.2 Å². The van der Waals surface area contributed by atoms with Gasteiger partial charge in [-0.15, -0.1) is 0 Å². The minimum atomic E-state index is 0.385. The van der Waals surface area contributed by atoms with Crippen LogP contribution in [-0.2, 0) is 20.8 Å². The summed E-state index contributed by atoms with van der Waals surface area (Å²) in [6.45, 7) is 5.26. The van der Waals surface area contributed by atoms with Gasteiger partial charge in [0.2, 0.25) is 0 Å². The van der Waals surface area contributed by atoms with Crippen molar-refractivity contribution in [2.24, 2.45) is 0 Å². The van der Waals surface area contributed by atoms with Crippen LogP contribution in [0.2, 0.25) is 0 Å². The number of ether oxygens (including phenoxy) is 3. The fraction of sp³-hybridized carbons (Fsp3) is 0.538. The predicted molar refractivity (Wildman–Crippen MR) is 66.6 cm³/mol. The molecular weight excluding hydrogens is 234 g/mol. The van der Waals surface area contributed by atoms with E-state index in [0.717, 1.165) is 12.0 Å². The number of pyridine rings is 1. The molecule has 0 aliphatic rings. The van der Waals surface area contributed by atoms with E-state index in [4.69, 9.17) is 14.2 Å². The van der Waals surface area contributed by atoms with Crippen LogP contribution in [0.25, 0.3) is 0 Å². The second-order valence-electron chi connectivity index (χ2n) is 3.53. The average molecular weight is 253 g/mol. The van der Waals surface area contributed by atoms with Crippen molar-refractivity contribution in [2.45, 2.75) is 13.5 Å². The molecule has 5 heteroatoms. The van der Waals surface area contributed by atoms with E-state index in [1.54, 1.807) is 12.1 Å². The Kier molecular flexibility index (Phi) is 7.96. The van der Waals surface area contributed by atoms with Crippen molar-refractivity contribution in [1.29, 1.82) is 0 Å². The Hall–Kier alpha value is -1.30. The van der Waals surface area contributed by atoms with Crippen molar-refractivity contribution in [2.75, 3.05) is 33.0 Å². The van der Waals surface area contributed by atoms with Gasteiger partial charge in [-0.25, -0.2) is 4.98 Å². The lowest BCUT2D eigenvalue weighted by molar-refractivity contribution is 0.0122. The second kappa shape index (κ2) is 9.70. The van der Waals surface area contributed by atoms with Crippen molar-refractivity contribution in [1.82, 2.24) is 4.98 Å². The van der Waals surface area contributed by atoms with Crippen LogP contribution in [0.5, 0.6) is 0 Å². The molecule has 0 bridgehead atoms. The highest BCUT2D eigenvalue weighted by Crippen LogP contribution is 1.99. The molecule has 1 heterocycles. The van der Waals surface area contributed by atoms with E-state index in [-0.39, 0.29) is 0 Å². The average Bonchev–Trinajstić information content (AvgIpc) is 2.42. The summed E-state index contributed by atoms with van der Waals surface area (Å²) >= 11 is 0. The van der Waals surface area contributed by atoms with Gasteiger partial charge < -0.3 is 14.2 Å².